The molecular weight excluding hydrogens is 448 g/mol. The highest BCUT2D eigenvalue weighted by atomic mass is 32.2. The number of aryl methyl sites for hydroxylation is 1. The van der Waals surface area contributed by atoms with Crippen molar-refractivity contribution in [1.82, 2.24) is 14.9 Å². The molecule has 1 saturated carbocycles. The molecule has 34 heavy (non-hydrogen) atoms. The molecule has 1 aromatic heterocycles. The van der Waals surface area contributed by atoms with Crippen LogP contribution < -0.4 is 4.90 Å². The molecule has 1 aliphatic carbocycles. The fraction of sp³-hybridized carbons (Fsp3) is 0.385. The van der Waals surface area contributed by atoms with Crippen molar-refractivity contribution in [2.45, 2.75) is 62.7 Å². The minimum absolute atomic E-state index is 0.0164. The average Bonchev–Trinajstić information content (AvgIpc) is 3.39. The predicted molar refractivity (Wildman–Crippen MR) is 133 cm³/mol. The summed E-state index contributed by atoms with van der Waals surface area (Å²) in [5, 5.41) is 0.674. The molecule has 1 atom stereocenters. The van der Waals surface area contributed by atoms with Gasteiger partial charge in [0.15, 0.2) is 5.16 Å². The van der Waals surface area contributed by atoms with E-state index in [1.54, 1.807) is 17.0 Å². The molecule has 2 heterocycles. The average molecular weight is 477 g/mol. The summed E-state index contributed by atoms with van der Waals surface area (Å²) < 4.78 is 0. The van der Waals surface area contributed by atoms with Gasteiger partial charge in [0.2, 0.25) is 11.8 Å². The van der Waals surface area contributed by atoms with Crippen LogP contribution in [0.2, 0.25) is 0 Å². The summed E-state index contributed by atoms with van der Waals surface area (Å²) in [7, 11) is 0. The number of hydrogen-bond donors (Lipinski definition) is 1. The van der Waals surface area contributed by atoms with Crippen molar-refractivity contribution in [3.63, 3.8) is 0 Å². The van der Waals surface area contributed by atoms with Gasteiger partial charge in [0, 0.05) is 6.04 Å². The van der Waals surface area contributed by atoms with Gasteiger partial charge in [-0.1, -0.05) is 60.9 Å². The Morgan fingerprint density at radius 3 is 2.56 bits per heavy atom. The second-order valence-electron chi connectivity index (χ2n) is 9.06. The Hall–Kier alpha value is -3.13. The van der Waals surface area contributed by atoms with Crippen molar-refractivity contribution in [2.75, 3.05) is 10.7 Å². The number of nitrogens with zero attached hydrogens (tertiary/aromatic N) is 3. The smallest absolute Gasteiger partial charge is 0.257 e. The van der Waals surface area contributed by atoms with E-state index in [0.29, 0.717) is 10.8 Å². The van der Waals surface area contributed by atoms with Crippen LogP contribution in [0.5, 0.6) is 0 Å². The molecule has 7 nitrogen and oxygen atoms in total. The molecule has 3 amide bonds. The number of aromatic nitrogens is 2. The molecule has 3 aromatic rings. The third-order valence-electron chi connectivity index (χ3n) is 6.71. The minimum atomic E-state index is -0.749. The zero-order chi connectivity index (χ0) is 23.7. The highest BCUT2D eigenvalue weighted by molar-refractivity contribution is 7.99. The first kappa shape index (κ1) is 22.7. The summed E-state index contributed by atoms with van der Waals surface area (Å²) in [5.74, 6) is -0.507. The molecule has 0 radical (unpaired) electrons. The summed E-state index contributed by atoms with van der Waals surface area (Å²) in [4.78, 5) is 50.7. The highest BCUT2D eigenvalue weighted by Gasteiger charge is 2.46. The number of rotatable bonds is 6. The number of carbonyl (C=O) groups excluding carboxylic acids is 3. The number of aromatic amines is 1. The molecular formula is C26H28N4O3S. The van der Waals surface area contributed by atoms with E-state index < -0.39 is 6.04 Å². The van der Waals surface area contributed by atoms with Crippen molar-refractivity contribution in [2.24, 2.45) is 0 Å². The molecule has 2 aliphatic rings. The van der Waals surface area contributed by atoms with Crippen LogP contribution >= 0.6 is 11.8 Å². The van der Waals surface area contributed by atoms with Gasteiger partial charge < -0.3 is 9.88 Å². The Kier molecular flexibility index (Phi) is 6.41. The molecule has 2 fully saturated rings. The zero-order valence-corrected chi connectivity index (χ0v) is 20.0. The molecule has 2 aromatic carbocycles. The zero-order valence-electron chi connectivity index (χ0n) is 19.2. The number of thioether (sulfide) groups is 1. The number of para-hydroxylation sites is 2. The fourth-order valence-corrected chi connectivity index (χ4v) is 5.75. The highest BCUT2D eigenvalue weighted by Crippen LogP contribution is 2.32. The number of nitrogens with one attached hydrogen (secondary N) is 1. The van der Waals surface area contributed by atoms with Crippen molar-refractivity contribution in [3.05, 3.63) is 54.1 Å². The molecule has 1 aliphatic heterocycles. The molecule has 1 N–H and O–H groups in total. The Morgan fingerprint density at radius 2 is 1.82 bits per heavy atom. The van der Waals surface area contributed by atoms with E-state index in [9.17, 15) is 14.4 Å². The van der Waals surface area contributed by atoms with E-state index >= 15 is 0 Å². The topological polar surface area (TPSA) is 86.4 Å². The van der Waals surface area contributed by atoms with Gasteiger partial charge in [0.25, 0.3) is 5.91 Å². The van der Waals surface area contributed by atoms with Crippen molar-refractivity contribution in [3.8, 4) is 0 Å². The van der Waals surface area contributed by atoms with E-state index in [2.05, 4.69) is 9.97 Å². The maximum atomic E-state index is 13.5. The number of anilines is 1. The number of benzene rings is 2. The Morgan fingerprint density at radius 1 is 1.09 bits per heavy atom. The lowest BCUT2D eigenvalue weighted by molar-refractivity contribution is -0.139. The van der Waals surface area contributed by atoms with Gasteiger partial charge in [-0.15, -0.1) is 0 Å². The maximum Gasteiger partial charge on any atom is 0.257 e. The van der Waals surface area contributed by atoms with Crippen LogP contribution in [0.1, 0.15) is 44.1 Å². The normalized spacial score (nSPS) is 19.2. The first-order valence-electron chi connectivity index (χ1n) is 11.8. The van der Waals surface area contributed by atoms with Gasteiger partial charge in [-0.2, -0.15) is 0 Å². The fourth-order valence-electron chi connectivity index (χ4n) is 4.99. The quantitative estimate of drug-likeness (QED) is 0.419. The number of amides is 3. The number of imidazole rings is 1. The van der Waals surface area contributed by atoms with Crippen LogP contribution in [0.15, 0.2) is 53.7 Å². The first-order chi connectivity index (χ1) is 16.5. The predicted octanol–water partition coefficient (Wildman–Crippen LogP) is 4.46. The molecule has 8 heteroatoms. The van der Waals surface area contributed by atoms with Crippen LogP contribution in [0, 0.1) is 6.92 Å². The second-order valence-corrected chi connectivity index (χ2v) is 10.0. The van der Waals surface area contributed by atoms with Gasteiger partial charge in [0.1, 0.15) is 6.04 Å². The van der Waals surface area contributed by atoms with Gasteiger partial charge in [-0.3, -0.25) is 14.4 Å². The van der Waals surface area contributed by atoms with Crippen LogP contribution in [-0.4, -0.2) is 50.4 Å². The third kappa shape index (κ3) is 4.46. The van der Waals surface area contributed by atoms with Gasteiger partial charge in [0.05, 0.1) is 28.9 Å². The van der Waals surface area contributed by atoms with Gasteiger partial charge in [-0.05, 0) is 44.0 Å². The van der Waals surface area contributed by atoms with Crippen LogP contribution in [0.3, 0.4) is 0 Å². The molecule has 1 saturated heterocycles. The van der Waals surface area contributed by atoms with E-state index in [4.69, 9.17) is 0 Å². The largest absolute Gasteiger partial charge is 0.333 e. The second kappa shape index (κ2) is 9.62. The van der Waals surface area contributed by atoms with Crippen LogP contribution in [0.25, 0.3) is 11.0 Å². The number of H-pyrrole nitrogens is 1. The standard InChI is InChI=1S/C26H28N4O3S/c1-17-11-13-19(14-12-17)30-23(31)15-22(25(30)33)29(18-7-3-2-4-8-18)24(32)16-34-26-27-20-9-5-6-10-21(20)28-26/h5-6,9-14,18,22H,2-4,7-8,15-16H2,1H3,(H,27,28). The van der Waals surface area contributed by atoms with E-state index in [0.717, 1.165) is 48.7 Å². The van der Waals surface area contributed by atoms with Gasteiger partial charge in [-0.25, -0.2) is 9.88 Å². The Balaban J connectivity index is 1.36. The summed E-state index contributed by atoms with van der Waals surface area (Å²) in [6.45, 7) is 1.96. The molecule has 0 bridgehead atoms. The van der Waals surface area contributed by atoms with Gasteiger partial charge >= 0.3 is 0 Å². The summed E-state index contributed by atoms with van der Waals surface area (Å²) >= 11 is 1.34. The SMILES string of the molecule is Cc1ccc(N2C(=O)CC(N(C(=O)CSc3nc4ccccc4[nH]3)C3CCCCC3)C2=O)cc1. The summed E-state index contributed by atoms with van der Waals surface area (Å²) in [6, 6.07) is 14.3. The lowest BCUT2D eigenvalue weighted by Gasteiger charge is -2.37. The summed E-state index contributed by atoms with van der Waals surface area (Å²) in [6.07, 6.45) is 4.96. The van der Waals surface area contributed by atoms with Crippen molar-refractivity contribution >= 4 is 46.2 Å². The lowest BCUT2D eigenvalue weighted by atomic mass is 9.92. The number of hydrogen-bond acceptors (Lipinski definition) is 5. The third-order valence-corrected chi connectivity index (χ3v) is 7.56. The van der Waals surface area contributed by atoms with E-state index in [1.165, 1.54) is 16.7 Å². The Bertz CT molecular complexity index is 1180. The van der Waals surface area contributed by atoms with Crippen LogP contribution in [-0.2, 0) is 14.4 Å². The molecule has 176 valence electrons. The summed E-state index contributed by atoms with van der Waals surface area (Å²) in [5.41, 5.74) is 3.40. The van der Waals surface area contributed by atoms with Crippen LogP contribution in [0.4, 0.5) is 5.69 Å². The molecule has 1 unspecified atom stereocenters. The Labute approximate surface area is 202 Å². The van der Waals surface area contributed by atoms with Crippen molar-refractivity contribution in [1.29, 1.82) is 0 Å². The number of imide groups is 1. The lowest BCUT2D eigenvalue weighted by Crippen LogP contribution is -2.52. The van der Waals surface area contributed by atoms with E-state index in [1.807, 2.05) is 43.3 Å². The molecule has 0 spiro atoms. The maximum absolute atomic E-state index is 13.5. The monoisotopic (exact) mass is 476 g/mol. The van der Waals surface area contributed by atoms with E-state index in [-0.39, 0.29) is 35.9 Å². The number of fused-ring (bicyclic) bond motifs is 1. The number of carbonyl (C=O) groups is 3. The minimum Gasteiger partial charge on any atom is -0.333 e. The van der Waals surface area contributed by atoms with Crippen molar-refractivity contribution < 1.29 is 14.4 Å². The first-order valence-corrected chi connectivity index (χ1v) is 12.8. The molecule has 5 rings (SSSR count).